The molecule has 5 nitrogen and oxygen atoms in total. The van der Waals surface area contributed by atoms with Crippen molar-refractivity contribution in [3.63, 3.8) is 0 Å². The van der Waals surface area contributed by atoms with E-state index in [-0.39, 0.29) is 16.3 Å². The van der Waals surface area contributed by atoms with Gasteiger partial charge in [0.05, 0.1) is 11.4 Å². The van der Waals surface area contributed by atoms with Crippen LogP contribution in [0, 0.1) is 0 Å². The number of hydrogen-bond donors (Lipinski definition) is 3. The molecule has 0 aliphatic rings. The van der Waals surface area contributed by atoms with Gasteiger partial charge in [-0.1, -0.05) is 24.3 Å². The van der Waals surface area contributed by atoms with Crippen LogP contribution in [0.5, 0.6) is 0 Å². The molecule has 0 spiro atoms. The third-order valence-corrected chi connectivity index (χ3v) is 3.29. The minimum absolute atomic E-state index is 0.124. The molecule has 6 heteroatoms. The van der Waals surface area contributed by atoms with Crippen molar-refractivity contribution in [3.05, 3.63) is 30.3 Å². The molecule has 16 heavy (non-hydrogen) atoms. The van der Waals surface area contributed by atoms with Crippen molar-refractivity contribution in [1.82, 2.24) is 0 Å². The Morgan fingerprint density at radius 1 is 1.12 bits per heavy atom. The number of nitrogens with two attached hydrogens (primary N) is 2. The first kappa shape index (κ1) is 10.7. The van der Waals surface area contributed by atoms with Crippen molar-refractivity contribution < 1.29 is 13.0 Å². The predicted octanol–water partition coefficient (Wildman–Crippen LogP) is 1.25. The van der Waals surface area contributed by atoms with Gasteiger partial charge in [0.15, 0.2) is 0 Å². The number of benzene rings is 2. The van der Waals surface area contributed by atoms with E-state index in [1.807, 2.05) is 0 Å². The van der Waals surface area contributed by atoms with E-state index in [1.54, 1.807) is 30.3 Å². The summed E-state index contributed by atoms with van der Waals surface area (Å²) in [6.45, 7) is 0. The van der Waals surface area contributed by atoms with Gasteiger partial charge in [0.1, 0.15) is 4.90 Å². The second kappa shape index (κ2) is 3.36. The highest BCUT2D eigenvalue weighted by Crippen LogP contribution is 2.32. The molecular formula is C10H10N2O3S. The molecule has 0 saturated heterocycles. The van der Waals surface area contributed by atoms with E-state index < -0.39 is 10.1 Å². The van der Waals surface area contributed by atoms with Gasteiger partial charge in [0, 0.05) is 5.39 Å². The molecule has 2 aromatic carbocycles. The maximum Gasteiger partial charge on any atom is 0.297 e. The summed E-state index contributed by atoms with van der Waals surface area (Å²) >= 11 is 0. The average Bonchev–Trinajstić information content (AvgIpc) is 2.17. The first-order valence-electron chi connectivity index (χ1n) is 4.45. The molecule has 0 saturated carbocycles. The van der Waals surface area contributed by atoms with Crippen LogP contribution in [0.4, 0.5) is 11.4 Å². The maximum absolute atomic E-state index is 11.2. The maximum atomic E-state index is 11.2. The lowest BCUT2D eigenvalue weighted by Crippen LogP contribution is -2.06. The highest BCUT2D eigenvalue weighted by Gasteiger charge is 2.19. The highest BCUT2D eigenvalue weighted by atomic mass is 32.2. The fourth-order valence-corrected chi connectivity index (χ4v) is 2.49. The normalized spacial score (nSPS) is 11.8. The third-order valence-electron chi connectivity index (χ3n) is 2.33. The van der Waals surface area contributed by atoms with Gasteiger partial charge in [-0.15, -0.1) is 0 Å². The minimum Gasteiger partial charge on any atom is -0.397 e. The summed E-state index contributed by atoms with van der Waals surface area (Å²) < 4.78 is 31.6. The van der Waals surface area contributed by atoms with Crippen LogP contribution in [0.1, 0.15) is 0 Å². The van der Waals surface area contributed by atoms with Gasteiger partial charge in [-0.05, 0) is 11.5 Å². The summed E-state index contributed by atoms with van der Waals surface area (Å²) in [6, 6.07) is 8.23. The molecule has 0 atom stereocenters. The van der Waals surface area contributed by atoms with Crippen LogP contribution in [0.15, 0.2) is 35.2 Å². The van der Waals surface area contributed by atoms with Crippen LogP contribution in [0.2, 0.25) is 0 Å². The standard InChI is InChI=1S/C10H10N2O3S/c11-8-5-6-3-1-2-4-7(6)10(9(8)12)16(13,14)15/h1-5H,11-12H2,(H,13,14,15). The molecule has 0 radical (unpaired) electrons. The molecule has 0 bridgehead atoms. The second-order valence-electron chi connectivity index (χ2n) is 3.40. The van der Waals surface area contributed by atoms with Crippen molar-refractivity contribution in [2.75, 3.05) is 11.5 Å². The number of fused-ring (bicyclic) bond motifs is 1. The van der Waals surface area contributed by atoms with Crippen LogP contribution in [0.3, 0.4) is 0 Å². The van der Waals surface area contributed by atoms with Crippen molar-refractivity contribution in [1.29, 1.82) is 0 Å². The zero-order valence-corrected chi connectivity index (χ0v) is 9.03. The van der Waals surface area contributed by atoms with Gasteiger partial charge in [0.25, 0.3) is 10.1 Å². The van der Waals surface area contributed by atoms with Crippen molar-refractivity contribution >= 4 is 32.3 Å². The van der Waals surface area contributed by atoms with E-state index in [4.69, 9.17) is 16.0 Å². The van der Waals surface area contributed by atoms with Gasteiger partial charge < -0.3 is 11.5 Å². The number of nitrogen functional groups attached to an aromatic ring is 2. The predicted molar refractivity (Wildman–Crippen MR) is 62.6 cm³/mol. The van der Waals surface area contributed by atoms with Crippen LogP contribution in [-0.2, 0) is 10.1 Å². The van der Waals surface area contributed by atoms with Crippen LogP contribution in [-0.4, -0.2) is 13.0 Å². The summed E-state index contributed by atoms with van der Waals surface area (Å²) in [6.07, 6.45) is 0. The molecule has 5 N–H and O–H groups in total. The van der Waals surface area contributed by atoms with Crippen molar-refractivity contribution in [2.45, 2.75) is 4.90 Å². The molecule has 0 aromatic heterocycles. The van der Waals surface area contributed by atoms with Crippen molar-refractivity contribution in [2.24, 2.45) is 0 Å². The smallest absolute Gasteiger partial charge is 0.297 e. The Hall–Kier alpha value is -1.79. The van der Waals surface area contributed by atoms with Gasteiger partial charge in [-0.2, -0.15) is 8.42 Å². The molecule has 0 aliphatic carbocycles. The molecule has 0 amide bonds. The fourth-order valence-electron chi connectivity index (χ4n) is 1.63. The monoisotopic (exact) mass is 238 g/mol. The van der Waals surface area contributed by atoms with E-state index in [0.717, 1.165) is 0 Å². The summed E-state index contributed by atoms with van der Waals surface area (Å²) in [7, 11) is -4.39. The van der Waals surface area contributed by atoms with E-state index in [2.05, 4.69) is 0 Å². The minimum atomic E-state index is -4.39. The molecule has 84 valence electrons. The summed E-state index contributed by atoms with van der Waals surface area (Å²) in [5.74, 6) is 0. The molecule has 0 heterocycles. The molecule has 2 aromatic rings. The van der Waals surface area contributed by atoms with Crippen LogP contribution >= 0.6 is 0 Å². The van der Waals surface area contributed by atoms with E-state index in [0.29, 0.717) is 10.8 Å². The number of rotatable bonds is 1. The van der Waals surface area contributed by atoms with Gasteiger partial charge >= 0.3 is 0 Å². The third kappa shape index (κ3) is 1.58. The Bertz CT molecular complexity index is 665. The zero-order valence-electron chi connectivity index (χ0n) is 8.21. The summed E-state index contributed by atoms with van der Waals surface area (Å²) in [5, 5.41) is 0.971. The van der Waals surface area contributed by atoms with Gasteiger partial charge in [-0.3, -0.25) is 4.55 Å². The van der Waals surface area contributed by atoms with Gasteiger partial charge in [0.2, 0.25) is 0 Å². The molecule has 0 aliphatic heterocycles. The fraction of sp³-hybridized carbons (Fsp3) is 0. The quantitative estimate of drug-likeness (QED) is 0.512. The summed E-state index contributed by atoms with van der Waals surface area (Å²) in [4.78, 5) is -0.330. The molecule has 2 rings (SSSR count). The van der Waals surface area contributed by atoms with Crippen molar-refractivity contribution in [3.8, 4) is 0 Å². The lowest BCUT2D eigenvalue weighted by atomic mass is 10.1. The first-order valence-corrected chi connectivity index (χ1v) is 5.89. The van der Waals surface area contributed by atoms with Crippen LogP contribution < -0.4 is 11.5 Å². The Morgan fingerprint density at radius 2 is 1.75 bits per heavy atom. The number of anilines is 2. The largest absolute Gasteiger partial charge is 0.397 e. The summed E-state index contributed by atoms with van der Waals surface area (Å²) in [5.41, 5.74) is 11.2. The van der Waals surface area contributed by atoms with Gasteiger partial charge in [-0.25, -0.2) is 0 Å². The Labute approximate surface area is 92.4 Å². The second-order valence-corrected chi connectivity index (χ2v) is 4.76. The Kier molecular flexibility index (Phi) is 2.25. The SMILES string of the molecule is Nc1cc2ccccc2c(S(=O)(=O)O)c1N. The number of hydrogen-bond acceptors (Lipinski definition) is 4. The Balaban J connectivity index is 3.05. The topological polar surface area (TPSA) is 106 Å². The molecule has 0 fully saturated rings. The highest BCUT2D eigenvalue weighted by molar-refractivity contribution is 7.86. The van der Waals surface area contributed by atoms with E-state index >= 15 is 0 Å². The average molecular weight is 238 g/mol. The first-order chi connectivity index (χ1) is 7.41. The van der Waals surface area contributed by atoms with E-state index in [9.17, 15) is 8.42 Å². The van der Waals surface area contributed by atoms with E-state index in [1.165, 1.54) is 0 Å². The zero-order chi connectivity index (χ0) is 11.9. The lowest BCUT2D eigenvalue weighted by Gasteiger charge is -2.09. The lowest BCUT2D eigenvalue weighted by molar-refractivity contribution is 0.484. The van der Waals surface area contributed by atoms with Crippen LogP contribution in [0.25, 0.3) is 10.8 Å². The Morgan fingerprint density at radius 3 is 2.38 bits per heavy atom. The molecular weight excluding hydrogens is 228 g/mol. The molecule has 0 unspecified atom stereocenters.